The van der Waals surface area contributed by atoms with Crippen LogP contribution in [0.4, 0.5) is 4.39 Å². The molecule has 2 N–H and O–H groups in total. The molecule has 2 rings (SSSR count). The molecular formula is C9H8ClFN4. The number of benzene rings is 1. The molecule has 4 nitrogen and oxygen atoms in total. The van der Waals surface area contributed by atoms with Crippen molar-refractivity contribution in [3.63, 3.8) is 0 Å². The van der Waals surface area contributed by atoms with E-state index in [-0.39, 0.29) is 12.2 Å². The zero-order valence-corrected chi connectivity index (χ0v) is 8.45. The number of hydrogen-bond acceptors (Lipinski definition) is 3. The van der Waals surface area contributed by atoms with Gasteiger partial charge in [0.25, 0.3) is 0 Å². The third-order valence-electron chi connectivity index (χ3n) is 1.90. The molecule has 78 valence electrons. The lowest BCUT2D eigenvalue weighted by Gasteiger charge is -2.01. The Morgan fingerprint density at radius 2 is 2.27 bits per heavy atom. The van der Waals surface area contributed by atoms with Crippen molar-refractivity contribution in [2.24, 2.45) is 5.73 Å². The van der Waals surface area contributed by atoms with Gasteiger partial charge in [-0.1, -0.05) is 16.8 Å². The summed E-state index contributed by atoms with van der Waals surface area (Å²) in [5.74, 6) is -0.409. The van der Waals surface area contributed by atoms with Gasteiger partial charge >= 0.3 is 0 Å². The maximum absolute atomic E-state index is 13.4. The molecule has 0 radical (unpaired) electrons. The first kappa shape index (κ1) is 10.1. The minimum absolute atomic E-state index is 0.259. The van der Waals surface area contributed by atoms with E-state index in [4.69, 9.17) is 17.3 Å². The molecule has 0 amide bonds. The second-order valence-electron chi connectivity index (χ2n) is 2.95. The fourth-order valence-corrected chi connectivity index (χ4v) is 1.34. The highest BCUT2D eigenvalue weighted by Crippen LogP contribution is 2.17. The van der Waals surface area contributed by atoms with E-state index in [1.807, 2.05) is 0 Å². The molecule has 0 unspecified atom stereocenters. The first-order valence-corrected chi connectivity index (χ1v) is 4.65. The Morgan fingerprint density at radius 3 is 2.93 bits per heavy atom. The summed E-state index contributed by atoms with van der Waals surface area (Å²) in [7, 11) is 0. The van der Waals surface area contributed by atoms with Crippen molar-refractivity contribution >= 4 is 11.6 Å². The molecule has 0 bridgehead atoms. The van der Waals surface area contributed by atoms with Crippen LogP contribution in [0, 0.1) is 5.82 Å². The van der Waals surface area contributed by atoms with Crippen LogP contribution in [0.15, 0.2) is 24.4 Å². The number of rotatable bonds is 2. The maximum Gasteiger partial charge on any atom is 0.149 e. The number of halogens is 2. The normalized spacial score (nSPS) is 10.6. The topological polar surface area (TPSA) is 56.7 Å². The molecule has 2 aromatic rings. The van der Waals surface area contributed by atoms with E-state index >= 15 is 0 Å². The number of nitrogens with zero attached hydrogens (tertiary/aromatic N) is 3. The van der Waals surface area contributed by atoms with E-state index in [0.29, 0.717) is 10.7 Å². The Labute approximate surface area is 90.5 Å². The number of nitrogens with two attached hydrogens (primary N) is 1. The van der Waals surface area contributed by atoms with E-state index in [9.17, 15) is 4.39 Å². The average molecular weight is 227 g/mol. The van der Waals surface area contributed by atoms with Gasteiger partial charge < -0.3 is 5.73 Å². The molecule has 6 heteroatoms. The van der Waals surface area contributed by atoms with Crippen LogP contribution in [0.2, 0.25) is 5.02 Å². The summed E-state index contributed by atoms with van der Waals surface area (Å²) in [6, 6.07) is 4.23. The monoisotopic (exact) mass is 226 g/mol. The van der Waals surface area contributed by atoms with Crippen molar-refractivity contribution in [3.8, 4) is 5.69 Å². The predicted octanol–water partition coefficient (Wildman–Crippen LogP) is 1.52. The molecule has 0 aliphatic carbocycles. The summed E-state index contributed by atoms with van der Waals surface area (Å²) in [6.45, 7) is 0.266. The highest BCUT2D eigenvalue weighted by atomic mass is 35.5. The van der Waals surface area contributed by atoms with Crippen LogP contribution in [0.5, 0.6) is 0 Å². The first-order valence-electron chi connectivity index (χ1n) is 4.27. The van der Waals surface area contributed by atoms with Gasteiger partial charge in [-0.05, 0) is 18.2 Å². The predicted molar refractivity (Wildman–Crippen MR) is 54.2 cm³/mol. The van der Waals surface area contributed by atoms with Gasteiger partial charge in [-0.3, -0.25) is 0 Å². The minimum atomic E-state index is -0.409. The largest absolute Gasteiger partial charge is 0.325 e. The molecule has 0 spiro atoms. The van der Waals surface area contributed by atoms with E-state index in [2.05, 4.69) is 10.3 Å². The van der Waals surface area contributed by atoms with Gasteiger partial charge in [-0.2, -0.15) is 0 Å². The van der Waals surface area contributed by atoms with Crippen molar-refractivity contribution < 1.29 is 4.39 Å². The lowest BCUT2D eigenvalue weighted by molar-refractivity contribution is 0.607. The van der Waals surface area contributed by atoms with Crippen LogP contribution in [0.25, 0.3) is 5.69 Å². The lowest BCUT2D eigenvalue weighted by Crippen LogP contribution is -1.98. The van der Waals surface area contributed by atoms with Gasteiger partial charge in [-0.25, -0.2) is 9.07 Å². The van der Waals surface area contributed by atoms with Crippen LogP contribution < -0.4 is 5.73 Å². The standard InChI is InChI=1S/C9H8ClFN4/c10-6-1-2-8(11)9(3-6)15-5-7(4-12)13-14-15/h1-3,5H,4,12H2. The molecule has 0 saturated carbocycles. The number of aromatic nitrogens is 3. The summed E-state index contributed by atoms with van der Waals surface area (Å²) < 4.78 is 14.7. The summed E-state index contributed by atoms with van der Waals surface area (Å²) in [5, 5.41) is 7.95. The molecule has 15 heavy (non-hydrogen) atoms. The molecule has 1 aromatic heterocycles. The Balaban J connectivity index is 2.48. The maximum atomic E-state index is 13.4. The fraction of sp³-hybridized carbons (Fsp3) is 0.111. The second-order valence-corrected chi connectivity index (χ2v) is 3.39. The van der Waals surface area contributed by atoms with Gasteiger partial charge in [0, 0.05) is 11.6 Å². The van der Waals surface area contributed by atoms with Gasteiger partial charge in [0.05, 0.1) is 11.9 Å². The van der Waals surface area contributed by atoms with E-state index in [1.165, 1.54) is 22.9 Å². The summed E-state index contributed by atoms with van der Waals surface area (Å²) in [4.78, 5) is 0. The van der Waals surface area contributed by atoms with Crippen molar-refractivity contribution in [3.05, 3.63) is 40.9 Å². The van der Waals surface area contributed by atoms with Crippen LogP contribution in [0.1, 0.15) is 5.69 Å². The quantitative estimate of drug-likeness (QED) is 0.845. The molecule has 0 aliphatic heterocycles. The van der Waals surface area contributed by atoms with Gasteiger partial charge in [0.15, 0.2) is 0 Å². The molecule has 0 fully saturated rings. The highest BCUT2D eigenvalue weighted by Gasteiger charge is 2.07. The Bertz CT molecular complexity index is 483. The van der Waals surface area contributed by atoms with Crippen molar-refractivity contribution in [1.82, 2.24) is 15.0 Å². The van der Waals surface area contributed by atoms with E-state index < -0.39 is 5.82 Å². The van der Waals surface area contributed by atoms with Gasteiger partial charge in [0.1, 0.15) is 11.5 Å². The van der Waals surface area contributed by atoms with Crippen molar-refractivity contribution in [1.29, 1.82) is 0 Å². The zero-order chi connectivity index (χ0) is 10.8. The average Bonchev–Trinajstić information content (AvgIpc) is 2.70. The van der Waals surface area contributed by atoms with Crippen molar-refractivity contribution in [2.45, 2.75) is 6.54 Å². The van der Waals surface area contributed by atoms with Gasteiger partial charge in [0.2, 0.25) is 0 Å². The van der Waals surface area contributed by atoms with Gasteiger partial charge in [-0.15, -0.1) is 5.10 Å². The molecular weight excluding hydrogens is 219 g/mol. The lowest BCUT2D eigenvalue weighted by atomic mass is 10.3. The molecule has 0 saturated heterocycles. The van der Waals surface area contributed by atoms with Crippen LogP contribution in [-0.2, 0) is 6.54 Å². The SMILES string of the molecule is NCc1cn(-c2cc(Cl)ccc2F)nn1. The summed E-state index contributed by atoms with van der Waals surface area (Å²) >= 11 is 5.75. The smallest absolute Gasteiger partial charge is 0.149 e. The first-order chi connectivity index (χ1) is 7.20. The summed E-state index contributed by atoms with van der Waals surface area (Å²) in [6.07, 6.45) is 1.56. The van der Waals surface area contributed by atoms with Crippen molar-refractivity contribution in [2.75, 3.05) is 0 Å². The Hall–Kier alpha value is -1.46. The minimum Gasteiger partial charge on any atom is -0.325 e. The zero-order valence-electron chi connectivity index (χ0n) is 7.69. The van der Waals surface area contributed by atoms with Crippen LogP contribution in [0.3, 0.4) is 0 Å². The summed E-state index contributed by atoms with van der Waals surface area (Å²) in [5.41, 5.74) is 6.22. The Morgan fingerprint density at radius 1 is 1.47 bits per heavy atom. The molecule has 1 heterocycles. The second kappa shape index (κ2) is 3.96. The molecule has 1 aromatic carbocycles. The fourth-order valence-electron chi connectivity index (χ4n) is 1.17. The third-order valence-corrected chi connectivity index (χ3v) is 2.14. The molecule has 0 aliphatic rings. The van der Waals surface area contributed by atoms with Crippen LogP contribution >= 0.6 is 11.6 Å². The number of hydrogen-bond donors (Lipinski definition) is 1. The highest BCUT2D eigenvalue weighted by molar-refractivity contribution is 6.30. The molecule has 0 atom stereocenters. The van der Waals surface area contributed by atoms with E-state index in [1.54, 1.807) is 6.20 Å². The third kappa shape index (κ3) is 1.98. The van der Waals surface area contributed by atoms with Crippen LogP contribution in [-0.4, -0.2) is 15.0 Å². The van der Waals surface area contributed by atoms with E-state index in [0.717, 1.165) is 0 Å². The Kier molecular flexibility index (Phi) is 2.66.